The molecule has 1 unspecified atom stereocenters. The van der Waals surface area contributed by atoms with Gasteiger partial charge < -0.3 is 15.7 Å². The van der Waals surface area contributed by atoms with E-state index in [1.807, 2.05) is 12.1 Å². The van der Waals surface area contributed by atoms with Crippen LogP contribution in [0.1, 0.15) is 24.1 Å². The van der Waals surface area contributed by atoms with E-state index in [0.717, 1.165) is 5.69 Å². The van der Waals surface area contributed by atoms with E-state index in [1.165, 1.54) is 11.1 Å². The van der Waals surface area contributed by atoms with Gasteiger partial charge in [0.2, 0.25) is 5.91 Å². The highest BCUT2D eigenvalue weighted by Gasteiger charge is 2.09. The van der Waals surface area contributed by atoms with Gasteiger partial charge in [-0.15, -0.1) is 0 Å². The SMILES string of the molecule is Cc1ccccc1C(C)Nc1cnn(CC(=O)NCCO)c1. The van der Waals surface area contributed by atoms with Crippen LogP contribution in [0.4, 0.5) is 5.69 Å². The fourth-order valence-corrected chi connectivity index (χ4v) is 2.32. The van der Waals surface area contributed by atoms with Gasteiger partial charge in [0.15, 0.2) is 0 Å². The van der Waals surface area contributed by atoms with Crippen molar-refractivity contribution in [1.82, 2.24) is 15.1 Å². The van der Waals surface area contributed by atoms with Crippen molar-refractivity contribution in [3.8, 4) is 0 Å². The Labute approximate surface area is 130 Å². The lowest BCUT2D eigenvalue weighted by Crippen LogP contribution is -2.30. The largest absolute Gasteiger partial charge is 0.395 e. The number of aryl methyl sites for hydroxylation is 1. The van der Waals surface area contributed by atoms with Crippen molar-refractivity contribution >= 4 is 11.6 Å². The number of rotatable bonds is 7. The molecular formula is C16H22N4O2. The summed E-state index contributed by atoms with van der Waals surface area (Å²) in [6.07, 6.45) is 3.50. The smallest absolute Gasteiger partial charge is 0.241 e. The molecule has 1 atom stereocenters. The van der Waals surface area contributed by atoms with Crippen LogP contribution in [0.3, 0.4) is 0 Å². The van der Waals surface area contributed by atoms with Gasteiger partial charge >= 0.3 is 0 Å². The maximum absolute atomic E-state index is 11.6. The average molecular weight is 302 g/mol. The number of anilines is 1. The maximum atomic E-state index is 11.6. The Morgan fingerprint density at radius 2 is 2.18 bits per heavy atom. The fourth-order valence-electron chi connectivity index (χ4n) is 2.32. The van der Waals surface area contributed by atoms with Crippen LogP contribution in [0.25, 0.3) is 0 Å². The summed E-state index contributed by atoms with van der Waals surface area (Å²) in [6.45, 7) is 4.51. The van der Waals surface area contributed by atoms with Crippen LogP contribution in [0.15, 0.2) is 36.7 Å². The minimum absolute atomic E-state index is 0.0639. The van der Waals surface area contributed by atoms with Crippen molar-refractivity contribution in [3.05, 3.63) is 47.8 Å². The molecule has 6 nitrogen and oxygen atoms in total. The van der Waals surface area contributed by atoms with Gasteiger partial charge in [0.25, 0.3) is 0 Å². The van der Waals surface area contributed by atoms with E-state index in [4.69, 9.17) is 5.11 Å². The summed E-state index contributed by atoms with van der Waals surface area (Å²) in [6, 6.07) is 8.38. The first-order valence-electron chi connectivity index (χ1n) is 7.32. The molecule has 6 heteroatoms. The van der Waals surface area contributed by atoms with Gasteiger partial charge in [-0.2, -0.15) is 5.10 Å². The van der Waals surface area contributed by atoms with Crippen LogP contribution in [-0.4, -0.2) is 33.9 Å². The Hall–Kier alpha value is -2.34. The summed E-state index contributed by atoms with van der Waals surface area (Å²) in [7, 11) is 0. The second-order valence-corrected chi connectivity index (χ2v) is 5.22. The molecule has 118 valence electrons. The predicted octanol–water partition coefficient (Wildman–Crippen LogP) is 1.47. The number of aromatic nitrogens is 2. The van der Waals surface area contributed by atoms with Crippen LogP contribution in [-0.2, 0) is 11.3 Å². The summed E-state index contributed by atoms with van der Waals surface area (Å²) in [5, 5.41) is 18.8. The standard InChI is InChI=1S/C16H22N4O2/c1-12-5-3-4-6-15(12)13(2)19-14-9-18-20(10-14)11-16(22)17-7-8-21/h3-6,9-10,13,19,21H,7-8,11H2,1-2H3,(H,17,22). The Morgan fingerprint density at radius 1 is 1.41 bits per heavy atom. The molecule has 1 amide bonds. The molecule has 1 aromatic heterocycles. The highest BCUT2D eigenvalue weighted by atomic mass is 16.3. The molecule has 0 aliphatic rings. The third kappa shape index (κ3) is 4.33. The van der Waals surface area contributed by atoms with Gasteiger partial charge in [-0.3, -0.25) is 9.48 Å². The first kappa shape index (κ1) is 16.0. The summed E-state index contributed by atoms with van der Waals surface area (Å²) in [4.78, 5) is 11.6. The number of aliphatic hydroxyl groups is 1. The second kappa shape index (κ2) is 7.61. The van der Waals surface area contributed by atoms with E-state index in [-0.39, 0.29) is 31.6 Å². The third-order valence-corrected chi connectivity index (χ3v) is 3.41. The quantitative estimate of drug-likeness (QED) is 0.724. The summed E-state index contributed by atoms with van der Waals surface area (Å²) >= 11 is 0. The van der Waals surface area contributed by atoms with E-state index >= 15 is 0 Å². The lowest BCUT2D eigenvalue weighted by molar-refractivity contribution is -0.122. The number of benzene rings is 1. The average Bonchev–Trinajstić information content (AvgIpc) is 2.92. The lowest BCUT2D eigenvalue weighted by Gasteiger charge is -2.16. The van der Waals surface area contributed by atoms with Crippen molar-refractivity contribution in [2.24, 2.45) is 0 Å². The molecule has 0 aliphatic carbocycles. The van der Waals surface area contributed by atoms with E-state index < -0.39 is 0 Å². The van der Waals surface area contributed by atoms with Gasteiger partial charge in [0, 0.05) is 18.8 Å². The van der Waals surface area contributed by atoms with Gasteiger partial charge in [-0.1, -0.05) is 24.3 Å². The molecule has 0 saturated heterocycles. The molecule has 3 N–H and O–H groups in total. The number of nitrogens with one attached hydrogen (secondary N) is 2. The van der Waals surface area contributed by atoms with Crippen LogP contribution < -0.4 is 10.6 Å². The molecule has 0 radical (unpaired) electrons. The molecule has 0 saturated carbocycles. The minimum Gasteiger partial charge on any atom is -0.395 e. The molecular weight excluding hydrogens is 280 g/mol. The number of carbonyl (C=O) groups is 1. The van der Waals surface area contributed by atoms with Crippen molar-refractivity contribution in [1.29, 1.82) is 0 Å². The normalized spacial score (nSPS) is 12.0. The van der Waals surface area contributed by atoms with Crippen molar-refractivity contribution in [2.45, 2.75) is 26.4 Å². The zero-order valence-electron chi connectivity index (χ0n) is 12.9. The van der Waals surface area contributed by atoms with Gasteiger partial charge in [-0.25, -0.2) is 0 Å². The Kier molecular flexibility index (Phi) is 5.55. The summed E-state index contributed by atoms with van der Waals surface area (Å²) < 4.78 is 1.57. The van der Waals surface area contributed by atoms with Crippen LogP contribution in [0.2, 0.25) is 0 Å². The van der Waals surface area contributed by atoms with E-state index in [2.05, 4.69) is 41.7 Å². The number of nitrogens with zero attached hydrogens (tertiary/aromatic N) is 2. The topological polar surface area (TPSA) is 79.2 Å². The Bertz CT molecular complexity index is 624. The van der Waals surface area contributed by atoms with Crippen LogP contribution in [0, 0.1) is 6.92 Å². The first-order valence-corrected chi connectivity index (χ1v) is 7.32. The van der Waals surface area contributed by atoms with Crippen LogP contribution in [0.5, 0.6) is 0 Å². The van der Waals surface area contributed by atoms with Gasteiger partial charge in [0.05, 0.1) is 18.5 Å². The molecule has 22 heavy (non-hydrogen) atoms. The van der Waals surface area contributed by atoms with E-state index in [1.54, 1.807) is 17.1 Å². The predicted molar refractivity (Wildman–Crippen MR) is 85.5 cm³/mol. The van der Waals surface area contributed by atoms with Gasteiger partial charge in [-0.05, 0) is 25.0 Å². The van der Waals surface area contributed by atoms with Crippen molar-refractivity contribution in [2.75, 3.05) is 18.5 Å². The molecule has 0 bridgehead atoms. The van der Waals surface area contributed by atoms with Gasteiger partial charge in [0.1, 0.15) is 6.54 Å². The molecule has 2 aromatic rings. The fraction of sp³-hybridized carbons (Fsp3) is 0.375. The highest BCUT2D eigenvalue weighted by molar-refractivity contribution is 5.75. The van der Waals surface area contributed by atoms with Crippen molar-refractivity contribution in [3.63, 3.8) is 0 Å². The zero-order valence-corrected chi connectivity index (χ0v) is 12.9. The monoisotopic (exact) mass is 302 g/mol. The maximum Gasteiger partial charge on any atom is 0.241 e. The molecule has 2 rings (SSSR count). The van der Waals surface area contributed by atoms with E-state index in [0.29, 0.717) is 0 Å². The Morgan fingerprint density at radius 3 is 2.91 bits per heavy atom. The first-order chi connectivity index (χ1) is 10.6. The number of aliphatic hydroxyl groups excluding tert-OH is 1. The second-order valence-electron chi connectivity index (χ2n) is 5.22. The van der Waals surface area contributed by atoms with Crippen LogP contribution >= 0.6 is 0 Å². The molecule has 0 fully saturated rings. The zero-order chi connectivity index (χ0) is 15.9. The molecule has 1 heterocycles. The van der Waals surface area contributed by atoms with E-state index in [9.17, 15) is 4.79 Å². The number of amides is 1. The third-order valence-electron chi connectivity index (χ3n) is 3.41. The molecule has 1 aromatic carbocycles. The number of hydrogen-bond acceptors (Lipinski definition) is 4. The summed E-state index contributed by atoms with van der Waals surface area (Å²) in [5.41, 5.74) is 3.33. The minimum atomic E-state index is -0.171. The molecule has 0 aliphatic heterocycles. The Balaban J connectivity index is 1.94. The van der Waals surface area contributed by atoms with Crippen molar-refractivity contribution < 1.29 is 9.90 Å². The summed E-state index contributed by atoms with van der Waals surface area (Å²) in [5.74, 6) is -0.171. The number of hydrogen-bond donors (Lipinski definition) is 3. The lowest BCUT2D eigenvalue weighted by atomic mass is 10.0. The highest BCUT2D eigenvalue weighted by Crippen LogP contribution is 2.21. The number of carbonyl (C=O) groups excluding carboxylic acids is 1. The molecule has 0 spiro atoms.